The summed E-state index contributed by atoms with van der Waals surface area (Å²) in [5, 5.41) is 0. The first-order valence-electron chi connectivity index (χ1n) is 7.31. The Kier molecular flexibility index (Phi) is 3.47. The van der Waals surface area contributed by atoms with Crippen molar-refractivity contribution in [1.82, 2.24) is 4.90 Å². The number of likely N-dealkylation sites (tertiary alicyclic amines) is 1. The van der Waals surface area contributed by atoms with Gasteiger partial charge < -0.3 is 9.80 Å². The van der Waals surface area contributed by atoms with E-state index in [2.05, 4.69) is 0 Å². The van der Waals surface area contributed by atoms with Crippen LogP contribution in [0.2, 0.25) is 0 Å². The van der Waals surface area contributed by atoms with Gasteiger partial charge in [0, 0.05) is 31.7 Å². The molecule has 106 valence electrons. The van der Waals surface area contributed by atoms with Gasteiger partial charge in [-0.2, -0.15) is 0 Å². The van der Waals surface area contributed by atoms with Crippen LogP contribution in [0, 0.1) is 12.8 Å². The minimum atomic E-state index is -0.165. The van der Waals surface area contributed by atoms with E-state index < -0.39 is 0 Å². The third kappa shape index (κ3) is 2.42. The maximum absolute atomic E-state index is 12.4. The zero-order chi connectivity index (χ0) is 14.1. The van der Waals surface area contributed by atoms with Gasteiger partial charge in [0.1, 0.15) is 0 Å². The fourth-order valence-electron chi connectivity index (χ4n) is 3.04. The molecule has 2 aliphatic rings. The Hall–Kier alpha value is -1.84. The molecule has 0 unspecified atom stereocenters. The molecule has 0 saturated carbocycles. The summed E-state index contributed by atoms with van der Waals surface area (Å²) in [6.07, 6.45) is 2.53. The molecular formula is C16H20N2O2. The lowest BCUT2D eigenvalue weighted by atomic mass is 10.1. The molecular weight excluding hydrogens is 252 g/mol. The van der Waals surface area contributed by atoms with Crippen LogP contribution in [-0.2, 0) is 9.59 Å². The number of carbonyl (C=O) groups is 2. The molecule has 1 aromatic rings. The van der Waals surface area contributed by atoms with Gasteiger partial charge in [-0.05, 0) is 31.9 Å². The van der Waals surface area contributed by atoms with E-state index in [1.807, 2.05) is 36.1 Å². The van der Waals surface area contributed by atoms with E-state index in [-0.39, 0.29) is 17.7 Å². The number of hydrogen-bond acceptors (Lipinski definition) is 2. The van der Waals surface area contributed by atoms with Crippen LogP contribution >= 0.6 is 0 Å². The van der Waals surface area contributed by atoms with E-state index in [1.165, 1.54) is 5.56 Å². The molecule has 3 rings (SSSR count). The highest BCUT2D eigenvalue weighted by Gasteiger charge is 2.37. The van der Waals surface area contributed by atoms with Crippen LogP contribution in [-0.4, -0.2) is 36.3 Å². The van der Waals surface area contributed by atoms with Crippen LogP contribution in [0.15, 0.2) is 24.3 Å². The zero-order valence-corrected chi connectivity index (χ0v) is 11.8. The lowest BCUT2D eigenvalue weighted by molar-refractivity contribution is -0.134. The second kappa shape index (κ2) is 5.27. The van der Waals surface area contributed by atoms with Crippen molar-refractivity contribution in [2.75, 3.05) is 24.5 Å². The van der Waals surface area contributed by atoms with E-state index in [4.69, 9.17) is 0 Å². The minimum absolute atomic E-state index is 0.0615. The molecule has 0 N–H and O–H groups in total. The van der Waals surface area contributed by atoms with Crippen molar-refractivity contribution < 1.29 is 9.59 Å². The van der Waals surface area contributed by atoms with Crippen molar-refractivity contribution in [2.45, 2.75) is 26.2 Å². The zero-order valence-electron chi connectivity index (χ0n) is 11.8. The lowest BCUT2D eigenvalue weighted by Gasteiger charge is -2.20. The third-order valence-electron chi connectivity index (χ3n) is 4.24. The lowest BCUT2D eigenvalue weighted by Crippen LogP contribution is -2.35. The van der Waals surface area contributed by atoms with Gasteiger partial charge in [0.05, 0.1) is 5.92 Å². The predicted octanol–water partition coefficient (Wildman–Crippen LogP) is 1.97. The van der Waals surface area contributed by atoms with Gasteiger partial charge in [0.15, 0.2) is 0 Å². The molecule has 0 bridgehead atoms. The highest BCUT2D eigenvalue weighted by atomic mass is 16.2. The quantitative estimate of drug-likeness (QED) is 0.826. The van der Waals surface area contributed by atoms with Crippen molar-refractivity contribution in [3.8, 4) is 0 Å². The largest absolute Gasteiger partial charge is 0.342 e. The number of hydrogen-bond donors (Lipinski definition) is 0. The first-order chi connectivity index (χ1) is 9.65. The first-order valence-corrected chi connectivity index (χ1v) is 7.31. The molecule has 0 aromatic heterocycles. The van der Waals surface area contributed by atoms with Crippen LogP contribution in [0.25, 0.3) is 0 Å². The Balaban J connectivity index is 1.71. The molecule has 0 aliphatic carbocycles. The second-order valence-electron chi connectivity index (χ2n) is 5.77. The van der Waals surface area contributed by atoms with Crippen molar-refractivity contribution in [3.63, 3.8) is 0 Å². The molecule has 1 atom stereocenters. The van der Waals surface area contributed by atoms with E-state index in [1.54, 1.807) is 4.90 Å². The molecule has 20 heavy (non-hydrogen) atoms. The second-order valence-corrected chi connectivity index (χ2v) is 5.77. The number of anilines is 1. The monoisotopic (exact) mass is 272 g/mol. The molecule has 2 aliphatic heterocycles. The Morgan fingerprint density at radius 3 is 2.45 bits per heavy atom. The van der Waals surface area contributed by atoms with E-state index >= 15 is 0 Å². The average Bonchev–Trinajstić information content (AvgIpc) is 3.08. The maximum atomic E-state index is 12.4. The Labute approximate surface area is 119 Å². The smallest absolute Gasteiger partial charge is 0.228 e. The average molecular weight is 272 g/mol. The standard InChI is InChI=1S/C16H20N2O2/c1-12-4-6-14(7-5-12)18-11-13(10-15(18)19)16(20)17-8-2-3-9-17/h4-7,13H,2-3,8-11H2,1H3/t13-/m1/s1. The highest BCUT2D eigenvalue weighted by Crippen LogP contribution is 2.27. The predicted molar refractivity (Wildman–Crippen MR) is 77.5 cm³/mol. The topological polar surface area (TPSA) is 40.6 Å². The van der Waals surface area contributed by atoms with Crippen LogP contribution in [0.4, 0.5) is 5.69 Å². The van der Waals surface area contributed by atoms with E-state index in [9.17, 15) is 9.59 Å². The molecule has 4 nitrogen and oxygen atoms in total. The summed E-state index contributed by atoms with van der Waals surface area (Å²) in [6, 6.07) is 7.91. The number of benzene rings is 1. The van der Waals surface area contributed by atoms with Gasteiger partial charge in [-0.25, -0.2) is 0 Å². The van der Waals surface area contributed by atoms with Crippen LogP contribution < -0.4 is 4.90 Å². The number of carbonyl (C=O) groups excluding carboxylic acids is 2. The molecule has 0 spiro atoms. The molecule has 2 amide bonds. The SMILES string of the molecule is Cc1ccc(N2C[C@H](C(=O)N3CCCC3)CC2=O)cc1. The van der Waals surface area contributed by atoms with Gasteiger partial charge in [-0.3, -0.25) is 9.59 Å². The maximum Gasteiger partial charge on any atom is 0.228 e. The van der Waals surface area contributed by atoms with Crippen LogP contribution in [0.5, 0.6) is 0 Å². The Morgan fingerprint density at radius 2 is 1.80 bits per heavy atom. The normalized spacial score (nSPS) is 22.6. The van der Waals surface area contributed by atoms with Crippen molar-refractivity contribution >= 4 is 17.5 Å². The number of amides is 2. The van der Waals surface area contributed by atoms with Crippen molar-refractivity contribution in [1.29, 1.82) is 0 Å². The van der Waals surface area contributed by atoms with Crippen LogP contribution in [0.3, 0.4) is 0 Å². The van der Waals surface area contributed by atoms with E-state index in [0.717, 1.165) is 31.6 Å². The third-order valence-corrected chi connectivity index (χ3v) is 4.24. The Bertz CT molecular complexity index is 518. The molecule has 2 heterocycles. The van der Waals surface area contributed by atoms with Crippen LogP contribution in [0.1, 0.15) is 24.8 Å². The molecule has 2 fully saturated rings. The number of aryl methyl sites for hydroxylation is 1. The first kappa shape index (κ1) is 13.2. The van der Waals surface area contributed by atoms with E-state index in [0.29, 0.717) is 13.0 Å². The van der Waals surface area contributed by atoms with Crippen molar-refractivity contribution in [3.05, 3.63) is 29.8 Å². The fraction of sp³-hybridized carbons (Fsp3) is 0.500. The minimum Gasteiger partial charge on any atom is -0.342 e. The molecule has 4 heteroatoms. The summed E-state index contributed by atoms with van der Waals surface area (Å²) >= 11 is 0. The van der Waals surface area contributed by atoms with Gasteiger partial charge in [-0.1, -0.05) is 17.7 Å². The fourth-order valence-corrected chi connectivity index (χ4v) is 3.04. The summed E-state index contributed by atoms with van der Waals surface area (Å²) in [5.74, 6) is 0.0544. The summed E-state index contributed by atoms with van der Waals surface area (Å²) in [5.41, 5.74) is 2.07. The molecule has 0 radical (unpaired) electrons. The van der Waals surface area contributed by atoms with Gasteiger partial charge in [-0.15, -0.1) is 0 Å². The summed E-state index contributed by atoms with van der Waals surface area (Å²) in [7, 11) is 0. The number of rotatable bonds is 2. The molecule has 1 aromatic carbocycles. The number of nitrogens with zero attached hydrogens (tertiary/aromatic N) is 2. The highest BCUT2D eigenvalue weighted by molar-refractivity contribution is 6.00. The van der Waals surface area contributed by atoms with Crippen molar-refractivity contribution in [2.24, 2.45) is 5.92 Å². The van der Waals surface area contributed by atoms with Gasteiger partial charge >= 0.3 is 0 Å². The summed E-state index contributed by atoms with van der Waals surface area (Å²) in [6.45, 7) is 4.26. The summed E-state index contributed by atoms with van der Waals surface area (Å²) < 4.78 is 0. The molecule has 2 saturated heterocycles. The van der Waals surface area contributed by atoms with Gasteiger partial charge in [0.25, 0.3) is 0 Å². The Morgan fingerprint density at radius 1 is 1.15 bits per heavy atom. The van der Waals surface area contributed by atoms with Gasteiger partial charge in [0.2, 0.25) is 11.8 Å². The summed E-state index contributed by atoms with van der Waals surface area (Å²) in [4.78, 5) is 28.2.